The first-order chi connectivity index (χ1) is 12.7. The Balaban J connectivity index is 1.84. The van der Waals surface area contributed by atoms with Gasteiger partial charge in [0.15, 0.2) is 8.32 Å². The van der Waals surface area contributed by atoms with E-state index < -0.39 is 19.3 Å². The summed E-state index contributed by atoms with van der Waals surface area (Å²) < 4.78 is 17.4. The summed E-state index contributed by atoms with van der Waals surface area (Å²) >= 11 is 0. The van der Waals surface area contributed by atoms with Crippen LogP contribution in [0.15, 0.2) is 0 Å². The van der Waals surface area contributed by atoms with Gasteiger partial charge in [0.2, 0.25) is 0 Å². The number of hydrogen-bond acceptors (Lipinski definition) is 5. The highest BCUT2D eigenvalue weighted by Gasteiger charge is 2.51. The number of esters is 1. The van der Waals surface area contributed by atoms with Crippen LogP contribution in [0.4, 0.5) is 4.79 Å². The summed E-state index contributed by atoms with van der Waals surface area (Å²) in [6.07, 6.45) is 2.39. The minimum Gasteiger partial charge on any atom is -0.462 e. The molecule has 2 rings (SSSR count). The van der Waals surface area contributed by atoms with Crippen LogP contribution in [-0.2, 0) is 18.7 Å². The normalized spacial score (nSPS) is 23.1. The maximum atomic E-state index is 12.6. The van der Waals surface area contributed by atoms with Crippen molar-refractivity contribution in [2.75, 3.05) is 19.7 Å². The number of rotatable bonds is 4. The highest BCUT2D eigenvalue weighted by Crippen LogP contribution is 2.44. The number of likely N-dealkylation sites (tertiary alicyclic amines) is 1. The molecule has 0 N–H and O–H groups in total. The second-order valence-corrected chi connectivity index (χ2v) is 15.7. The zero-order valence-corrected chi connectivity index (χ0v) is 20.0. The summed E-state index contributed by atoms with van der Waals surface area (Å²) in [4.78, 5) is 26.6. The number of carbonyl (C=O) groups is 2. The number of amides is 1. The lowest BCUT2D eigenvalue weighted by molar-refractivity contribution is -0.151. The zero-order chi connectivity index (χ0) is 21.4. The fraction of sp³-hybridized carbons (Fsp3) is 0.905. The van der Waals surface area contributed by atoms with Gasteiger partial charge in [-0.15, -0.1) is 0 Å². The van der Waals surface area contributed by atoms with Gasteiger partial charge in [-0.05, 0) is 51.7 Å². The van der Waals surface area contributed by atoms with E-state index in [1.165, 1.54) is 0 Å². The molecule has 0 aromatic heterocycles. The Labute approximate surface area is 171 Å². The third-order valence-electron chi connectivity index (χ3n) is 6.41. The van der Waals surface area contributed by atoms with E-state index in [9.17, 15) is 9.59 Å². The van der Waals surface area contributed by atoms with E-state index in [2.05, 4.69) is 33.9 Å². The van der Waals surface area contributed by atoms with Crippen LogP contribution in [0.25, 0.3) is 0 Å². The number of nitrogens with zero attached hydrogens (tertiary/aromatic N) is 1. The molecule has 2 saturated heterocycles. The Morgan fingerprint density at radius 3 is 2.25 bits per heavy atom. The first-order valence-electron chi connectivity index (χ1n) is 10.5. The van der Waals surface area contributed by atoms with E-state index in [1.54, 1.807) is 4.90 Å². The van der Waals surface area contributed by atoms with Gasteiger partial charge in [0, 0.05) is 32.5 Å². The molecule has 0 aromatic carbocycles. The molecule has 7 heteroatoms. The molecule has 0 aromatic rings. The third-order valence-corrected chi connectivity index (χ3v) is 10.9. The van der Waals surface area contributed by atoms with Gasteiger partial charge in [0.1, 0.15) is 11.7 Å². The fourth-order valence-corrected chi connectivity index (χ4v) is 4.57. The van der Waals surface area contributed by atoms with Gasteiger partial charge < -0.3 is 18.8 Å². The fourth-order valence-electron chi connectivity index (χ4n) is 3.51. The van der Waals surface area contributed by atoms with Crippen molar-refractivity contribution in [2.24, 2.45) is 5.41 Å². The molecule has 28 heavy (non-hydrogen) atoms. The van der Waals surface area contributed by atoms with Crippen molar-refractivity contribution < 1.29 is 23.5 Å². The summed E-state index contributed by atoms with van der Waals surface area (Å²) in [6, 6.07) is 0. The number of piperidine rings is 1. The highest BCUT2D eigenvalue weighted by atomic mass is 28.4. The van der Waals surface area contributed by atoms with Gasteiger partial charge in [-0.25, -0.2) is 4.79 Å². The molecular weight excluding hydrogens is 374 g/mol. The van der Waals surface area contributed by atoms with Gasteiger partial charge in [-0.2, -0.15) is 0 Å². The molecule has 1 spiro atoms. The van der Waals surface area contributed by atoms with Crippen LogP contribution in [0, 0.1) is 5.41 Å². The largest absolute Gasteiger partial charge is 0.462 e. The molecule has 2 aliphatic heterocycles. The maximum absolute atomic E-state index is 12.6. The van der Waals surface area contributed by atoms with Crippen LogP contribution in [0.3, 0.4) is 0 Å². The van der Waals surface area contributed by atoms with Crippen molar-refractivity contribution in [2.45, 2.75) is 97.1 Å². The van der Waals surface area contributed by atoms with Crippen molar-refractivity contribution in [3.05, 3.63) is 0 Å². The van der Waals surface area contributed by atoms with Crippen LogP contribution >= 0.6 is 0 Å². The van der Waals surface area contributed by atoms with Gasteiger partial charge in [-0.1, -0.05) is 20.8 Å². The molecule has 6 nitrogen and oxygen atoms in total. The molecule has 162 valence electrons. The molecule has 0 aliphatic carbocycles. The first kappa shape index (κ1) is 23.2. The van der Waals surface area contributed by atoms with Crippen LogP contribution < -0.4 is 0 Å². The van der Waals surface area contributed by atoms with E-state index in [0.29, 0.717) is 32.5 Å². The van der Waals surface area contributed by atoms with Crippen LogP contribution in [0.2, 0.25) is 18.1 Å². The molecule has 1 unspecified atom stereocenters. The summed E-state index contributed by atoms with van der Waals surface area (Å²) in [5.74, 6) is -0.103. The molecule has 1 amide bonds. The number of hydrogen-bond donors (Lipinski definition) is 0. The molecule has 0 saturated carbocycles. The lowest BCUT2D eigenvalue weighted by Gasteiger charge is -2.37. The highest BCUT2D eigenvalue weighted by molar-refractivity contribution is 6.74. The van der Waals surface area contributed by atoms with Crippen LogP contribution in [-0.4, -0.2) is 56.7 Å². The first-order valence-corrected chi connectivity index (χ1v) is 13.4. The lowest BCUT2D eigenvalue weighted by atomic mass is 9.76. The van der Waals surface area contributed by atoms with E-state index >= 15 is 0 Å². The Bertz CT molecular complexity index is 583. The molecule has 2 aliphatic rings. The van der Waals surface area contributed by atoms with Gasteiger partial charge in [-0.3, -0.25) is 4.79 Å². The Morgan fingerprint density at radius 2 is 1.75 bits per heavy atom. The molecule has 0 radical (unpaired) electrons. The van der Waals surface area contributed by atoms with Crippen molar-refractivity contribution in [3.8, 4) is 0 Å². The van der Waals surface area contributed by atoms with Crippen molar-refractivity contribution in [1.29, 1.82) is 0 Å². The Morgan fingerprint density at radius 1 is 1.18 bits per heavy atom. The lowest BCUT2D eigenvalue weighted by Crippen LogP contribution is -2.46. The van der Waals surface area contributed by atoms with E-state index in [0.717, 1.165) is 12.8 Å². The van der Waals surface area contributed by atoms with E-state index in [-0.39, 0.29) is 23.2 Å². The van der Waals surface area contributed by atoms with E-state index in [1.807, 2.05) is 20.8 Å². The van der Waals surface area contributed by atoms with Gasteiger partial charge >= 0.3 is 12.1 Å². The number of carbonyl (C=O) groups excluding carboxylic acids is 2. The third kappa shape index (κ3) is 5.50. The van der Waals surface area contributed by atoms with Crippen molar-refractivity contribution in [1.82, 2.24) is 4.90 Å². The minimum atomic E-state index is -1.78. The van der Waals surface area contributed by atoms with Crippen molar-refractivity contribution in [3.63, 3.8) is 0 Å². The van der Waals surface area contributed by atoms with Crippen molar-refractivity contribution >= 4 is 20.4 Å². The number of ether oxygens (including phenoxy) is 2. The predicted octanol–water partition coefficient (Wildman–Crippen LogP) is 4.73. The maximum Gasteiger partial charge on any atom is 0.410 e. The molecular formula is C21H39NO5Si. The minimum absolute atomic E-state index is 0.0784. The zero-order valence-electron chi connectivity index (χ0n) is 19.0. The van der Waals surface area contributed by atoms with Gasteiger partial charge in [0.05, 0.1) is 5.41 Å². The summed E-state index contributed by atoms with van der Waals surface area (Å²) in [7, 11) is -1.78. The van der Waals surface area contributed by atoms with Crippen LogP contribution in [0.1, 0.15) is 67.2 Å². The topological polar surface area (TPSA) is 65.1 Å². The standard InChI is InChI=1S/C21H39NO5Si/c1-19(2,3)27-18(24)22-12-10-21(11-13-22)15-16(26-17(21)23)9-14-25-28(7,8)20(4,5)6/h16H,9-15H2,1-8H3. The Hall–Kier alpha value is -1.08. The Kier molecular flexibility index (Phi) is 6.61. The molecule has 0 bridgehead atoms. The molecule has 1 atom stereocenters. The van der Waals surface area contributed by atoms with Crippen LogP contribution in [0.5, 0.6) is 0 Å². The summed E-state index contributed by atoms with van der Waals surface area (Å²) in [5, 5.41) is 0.176. The smallest absolute Gasteiger partial charge is 0.410 e. The molecule has 2 heterocycles. The average Bonchev–Trinajstić information content (AvgIpc) is 2.80. The number of cyclic esters (lactones) is 1. The van der Waals surface area contributed by atoms with Gasteiger partial charge in [0.25, 0.3) is 0 Å². The monoisotopic (exact) mass is 413 g/mol. The summed E-state index contributed by atoms with van der Waals surface area (Å²) in [6.45, 7) is 18.4. The molecule has 2 fully saturated rings. The second-order valence-electron chi connectivity index (χ2n) is 10.9. The second kappa shape index (κ2) is 7.98. The van der Waals surface area contributed by atoms with E-state index in [4.69, 9.17) is 13.9 Å². The SMILES string of the molecule is CC(C)(C)OC(=O)N1CCC2(CC1)CC(CCO[Si](C)(C)C(C)(C)C)OC2=O. The predicted molar refractivity (Wildman–Crippen MR) is 112 cm³/mol. The average molecular weight is 414 g/mol. The quantitative estimate of drug-likeness (QED) is 0.492. The summed E-state index contributed by atoms with van der Waals surface area (Å²) in [5.41, 5.74) is -0.950.